The third-order valence-corrected chi connectivity index (χ3v) is 1.81. The lowest BCUT2D eigenvalue weighted by Gasteiger charge is -2.17. The van der Waals surface area contributed by atoms with Crippen LogP contribution >= 0.6 is 0 Å². The summed E-state index contributed by atoms with van der Waals surface area (Å²) in [7, 11) is 2.17. The Kier molecular flexibility index (Phi) is 6.95. The molecule has 0 rings (SSSR count). The summed E-state index contributed by atoms with van der Waals surface area (Å²) in [6.07, 6.45) is -1.29. The molecule has 0 aromatic heterocycles. The van der Waals surface area contributed by atoms with Crippen molar-refractivity contribution < 1.29 is 32.6 Å². The van der Waals surface area contributed by atoms with E-state index in [1.54, 1.807) is 0 Å². The Morgan fingerprint density at radius 2 is 1.82 bits per heavy atom. The number of halogens is 2. The second-order valence-corrected chi connectivity index (χ2v) is 2.90. The van der Waals surface area contributed by atoms with Crippen molar-refractivity contribution in [3.63, 3.8) is 0 Å². The van der Waals surface area contributed by atoms with Gasteiger partial charge in [0.2, 0.25) is 0 Å². The number of ether oxygens (including phenoxy) is 3. The first-order valence-corrected chi connectivity index (χ1v) is 4.56. The second-order valence-electron chi connectivity index (χ2n) is 2.90. The van der Waals surface area contributed by atoms with Crippen molar-refractivity contribution in [2.75, 3.05) is 14.2 Å². The van der Waals surface area contributed by atoms with Crippen molar-refractivity contribution in [2.24, 2.45) is 10.9 Å². The van der Waals surface area contributed by atoms with E-state index in [-0.39, 0.29) is 0 Å². The van der Waals surface area contributed by atoms with Gasteiger partial charge in [-0.1, -0.05) is 0 Å². The van der Waals surface area contributed by atoms with Crippen LogP contribution in [-0.2, 0) is 19.0 Å². The minimum Gasteiger partial charge on any atom is -0.468 e. The summed E-state index contributed by atoms with van der Waals surface area (Å²) in [6, 6.07) is 0. The minimum atomic E-state index is -3.04. The number of hydrogen-bond acceptors (Lipinski definition) is 5. The zero-order valence-electron chi connectivity index (χ0n) is 9.55. The molecule has 1 unspecified atom stereocenters. The summed E-state index contributed by atoms with van der Waals surface area (Å²) in [4.78, 5) is 25.2. The van der Waals surface area contributed by atoms with Crippen LogP contribution < -0.4 is 0 Å². The van der Waals surface area contributed by atoms with Crippen LogP contribution in [0.15, 0.2) is 4.99 Å². The second kappa shape index (κ2) is 7.66. The summed E-state index contributed by atoms with van der Waals surface area (Å²) < 4.78 is 36.6. The highest BCUT2D eigenvalue weighted by Crippen LogP contribution is 2.12. The van der Waals surface area contributed by atoms with E-state index in [2.05, 4.69) is 19.2 Å². The molecule has 0 aromatic rings. The lowest BCUT2D eigenvalue weighted by Crippen LogP contribution is -2.32. The molecule has 0 heterocycles. The molecular weight excluding hydrogens is 240 g/mol. The van der Waals surface area contributed by atoms with Crippen LogP contribution in [0.3, 0.4) is 0 Å². The highest BCUT2D eigenvalue weighted by atomic mass is 19.3. The number of aliphatic imine (C=N–C) groups is 1. The van der Waals surface area contributed by atoms with E-state index in [1.165, 1.54) is 6.92 Å². The molecule has 0 aliphatic carbocycles. The average molecular weight is 253 g/mol. The fourth-order valence-electron chi connectivity index (χ4n) is 0.951. The summed E-state index contributed by atoms with van der Waals surface area (Å²) in [5.41, 5.74) is 0. The van der Waals surface area contributed by atoms with Crippen molar-refractivity contribution in [3.05, 3.63) is 0 Å². The lowest BCUT2D eigenvalue weighted by molar-refractivity contribution is -0.175. The monoisotopic (exact) mass is 253 g/mol. The van der Waals surface area contributed by atoms with Gasteiger partial charge in [-0.25, -0.2) is 4.79 Å². The molecule has 0 radical (unpaired) electrons. The molecule has 0 bridgehead atoms. The number of carbonyl (C=O) groups is 2. The van der Waals surface area contributed by atoms with Gasteiger partial charge in [0.1, 0.15) is 5.92 Å². The molecule has 0 N–H and O–H groups in total. The minimum absolute atomic E-state index is 0.842. The van der Waals surface area contributed by atoms with Crippen LogP contribution in [0.1, 0.15) is 6.92 Å². The van der Waals surface area contributed by atoms with Gasteiger partial charge in [-0.15, -0.1) is 0 Å². The van der Waals surface area contributed by atoms with Gasteiger partial charge in [-0.3, -0.25) is 4.79 Å². The predicted molar refractivity (Wildman–Crippen MR) is 53.0 cm³/mol. The van der Waals surface area contributed by atoms with Crippen LogP contribution in [-0.4, -0.2) is 45.2 Å². The van der Waals surface area contributed by atoms with Crippen molar-refractivity contribution in [1.29, 1.82) is 0 Å². The zero-order valence-corrected chi connectivity index (χ0v) is 9.55. The molecule has 0 saturated heterocycles. The van der Waals surface area contributed by atoms with Crippen LogP contribution in [0.25, 0.3) is 0 Å². The molecule has 0 aliphatic rings. The number of rotatable bonds is 5. The summed E-state index contributed by atoms with van der Waals surface area (Å²) in [6.45, 7) is -1.81. The van der Waals surface area contributed by atoms with Gasteiger partial charge in [0.25, 0.3) is 0 Å². The molecule has 0 aromatic carbocycles. The Bertz CT molecular complexity index is 295. The number of carbonyl (C=O) groups excluding carboxylic acids is 2. The molecule has 0 fully saturated rings. The molecule has 8 heteroatoms. The maximum absolute atomic E-state index is 12.0. The fraction of sp³-hybridized carbons (Fsp3) is 0.667. The Hall–Kier alpha value is -1.57. The average Bonchev–Trinajstić information content (AvgIpc) is 2.27. The molecule has 1 amide bonds. The number of nitrogens with zero attached hydrogens (tertiary/aromatic N) is 1. The molecule has 98 valence electrons. The van der Waals surface area contributed by atoms with Crippen LogP contribution in [0.2, 0.25) is 0 Å². The van der Waals surface area contributed by atoms with Crippen LogP contribution in [0.5, 0.6) is 0 Å². The van der Waals surface area contributed by atoms with E-state index in [0.717, 1.165) is 20.4 Å². The van der Waals surface area contributed by atoms with E-state index in [9.17, 15) is 18.4 Å². The van der Waals surface area contributed by atoms with Crippen molar-refractivity contribution >= 4 is 18.3 Å². The van der Waals surface area contributed by atoms with Gasteiger partial charge in [0.05, 0.1) is 20.3 Å². The van der Waals surface area contributed by atoms with Gasteiger partial charge in [-0.2, -0.15) is 13.8 Å². The largest absolute Gasteiger partial charge is 0.468 e. The van der Waals surface area contributed by atoms with Gasteiger partial charge in [-0.05, 0) is 6.92 Å². The van der Waals surface area contributed by atoms with Crippen molar-refractivity contribution in [3.8, 4) is 0 Å². The van der Waals surface area contributed by atoms with E-state index in [1.807, 2.05) is 0 Å². The quantitative estimate of drug-likeness (QED) is 0.544. The van der Waals surface area contributed by atoms with Crippen LogP contribution in [0, 0.1) is 5.92 Å². The predicted octanol–water partition coefficient (Wildman–Crippen LogP) is 1.24. The van der Waals surface area contributed by atoms with E-state index < -0.39 is 30.7 Å². The standard InChI is InChI=1S/C9H13F2NO5/c1-5(17-8(10)11)6(7(13)15-2)4-12-9(14)16-3/h4-6,8H,1-3H3/b12-4-/t5-,6?/m1/s1. The smallest absolute Gasteiger partial charge is 0.432 e. The highest BCUT2D eigenvalue weighted by molar-refractivity contribution is 5.94. The lowest BCUT2D eigenvalue weighted by atomic mass is 10.1. The normalized spacial score (nSPS) is 14.7. The zero-order chi connectivity index (χ0) is 13.4. The van der Waals surface area contributed by atoms with E-state index in [0.29, 0.717) is 0 Å². The Morgan fingerprint density at radius 3 is 2.24 bits per heavy atom. The third kappa shape index (κ3) is 5.91. The first-order valence-electron chi connectivity index (χ1n) is 4.56. The van der Waals surface area contributed by atoms with Crippen LogP contribution in [0.4, 0.5) is 13.6 Å². The molecular formula is C9H13F2NO5. The number of esters is 1. The topological polar surface area (TPSA) is 74.2 Å². The van der Waals surface area contributed by atoms with Crippen molar-refractivity contribution in [1.82, 2.24) is 0 Å². The van der Waals surface area contributed by atoms with E-state index >= 15 is 0 Å². The molecule has 0 aliphatic heterocycles. The maximum atomic E-state index is 12.0. The molecule has 17 heavy (non-hydrogen) atoms. The molecule has 0 spiro atoms. The first kappa shape index (κ1) is 15.4. The number of amides is 1. The number of alkyl halides is 2. The molecule has 2 atom stereocenters. The van der Waals surface area contributed by atoms with Gasteiger partial charge in [0, 0.05) is 6.21 Å². The fourth-order valence-corrected chi connectivity index (χ4v) is 0.951. The Morgan fingerprint density at radius 1 is 1.24 bits per heavy atom. The van der Waals surface area contributed by atoms with E-state index in [4.69, 9.17) is 0 Å². The third-order valence-electron chi connectivity index (χ3n) is 1.81. The number of methoxy groups -OCH3 is 2. The molecule has 0 saturated carbocycles. The Labute approximate surface area is 96.5 Å². The SMILES string of the molecule is COC(=O)/N=C\C(C(=O)OC)[C@@H](C)OC(F)F. The highest BCUT2D eigenvalue weighted by Gasteiger charge is 2.27. The van der Waals surface area contributed by atoms with Gasteiger partial charge >= 0.3 is 18.7 Å². The summed E-state index contributed by atoms with van der Waals surface area (Å²) in [5.74, 6) is -2.06. The summed E-state index contributed by atoms with van der Waals surface area (Å²) in [5, 5.41) is 0. The Balaban J connectivity index is 4.70. The van der Waals surface area contributed by atoms with Crippen molar-refractivity contribution in [2.45, 2.75) is 19.6 Å². The number of hydrogen-bond donors (Lipinski definition) is 0. The summed E-state index contributed by atoms with van der Waals surface area (Å²) >= 11 is 0. The van der Waals surface area contributed by atoms with Gasteiger partial charge in [0.15, 0.2) is 0 Å². The van der Waals surface area contributed by atoms with Gasteiger partial charge < -0.3 is 14.2 Å². The molecule has 6 nitrogen and oxygen atoms in total. The first-order chi connectivity index (χ1) is 7.92. The maximum Gasteiger partial charge on any atom is 0.432 e.